The molecule has 3 heteroatoms. The molecule has 1 heterocycles. The van der Waals surface area contributed by atoms with Gasteiger partial charge >= 0.3 is 0 Å². The Morgan fingerprint density at radius 3 is 2.86 bits per heavy atom. The Hall–Kier alpha value is -0.320. The smallest absolute Gasteiger partial charge is 0.263 e. The van der Waals surface area contributed by atoms with Gasteiger partial charge in [-0.2, -0.15) is 0 Å². The molecule has 0 amide bonds. The second kappa shape index (κ2) is 5.53. The summed E-state index contributed by atoms with van der Waals surface area (Å²) < 4.78 is 2.60. The number of pyridine rings is 1. The molecule has 1 aromatic rings. The average Bonchev–Trinajstić information content (AvgIpc) is 2.12. The molecule has 1 aromatic heterocycles. The Labute approximate surface area is 98.5 Å². The number of rotatable bonds is 4. The molecule has 0 bridgehead atoms. The van der Waals surface area contributed by atoms with E-state index < -0.39 is 0 Å². The van der Waals surface area contributed by atoms with Crippen molar-refractivity contribution in [3.8, 4) is 0 Å². The molecule has 0 radical (unpaired) electrons. The van der Waals surface area contributed by atoms with E-state index in [0.717, 1.165) is 16.5 Å². The van der Waals surface area contributed by atoms with E-state index in [1.54, 1.807) is 4.57 Å². The van der Waals surface area contributed by atoms with Crippen LogP contribution >= 0.6 is 22.6 Å². The van der Waals surface area contributed by atoms with Gasteiger partial charge in [-0.05, 0) is 53.5 Å². The fourth-order valence-corrected chi connectivity index (χ4v) is 1.87. The first kappa shape index (κ1) is 11.8. The van der Waals surface area contributed by atoms with E-state index in [1.807, 2.05) is 18.3 Å². The van der Waals surface area contributed by atoms with Gasteiger partial charge in [0.1, 0.15) is 0 Å². The Bertz CT molecular complexity index is 343. The zero-order valence-corrected chi connectivity index (χ0v) is 10.8. The van der Waals surface area contributed by atoms with E-state index in [4.69, 9.17) is 0 Å². The van der Waals surface area contributed by atoms with Gasteiger partial charge in [-0.15, -0.1) is 0 Å². The third-order valence-electron chi connectivity index (χ3n) is 2.15. The average molecular weight is 305 g/mol. The molecule has 0 N–H and O–H groups in total. The summed E-state index contributed by atoms with van der Waals surface area (Å²) in [5.41, 5.74) is 0.136. The maximum Gasteiger partial charge on any atom is 0.263 e. The summed E-state index contributed by atoms with van der Waals surface area (Å²) in [6.07, 6.45) is 4.13. The quantitative estimate of drug-likeness (QED) is 0.784. The highest BCUT2D eigenvalue weighted by Gasteiger charge is 2.00. The first-order chi connectivity index (χ1) is 6.61. The van der Waals surface area contributed by atoms with Crippen molar-refractivity contribution < 1.29 is 0 Å². The third kappa shape index (κ3) is 3.44. The molecule has 14 heavy (non-hydrogen) atoms. The fraction of sp³-hybridized carbons (Fsp3) is 0.545. The van der Waals surface area contributed by atoms with Crippen LogP contribution in [-0.4, -0.2) is 4.57 Å². The van der Waals surface area contributed by atoms with Gasteiger partial charge in [0.25, 0.3) is 5.56 Å². The van der Waals surface area contributed by atoms with Crippen molar-refractivity contribution in [1.29, 1.82) is 0 Å². The Kier molecular flexibility index (Phi) is 4.65. The zero-order valence-electron chi connectivity index (χ0n) is 8.66. The van der Waals surface area contributed by atoms with Crippen molar-refractivity contribution in [1.82, 2.24) is 4.57 Å². The minimum Gasteiger partial charge on any atom is -0.315 e. The van der Waals surface area contributed by atoms with Crippen LogP contribution in [0.3, 0.4) is 0 Å². The number of aryl methyl sites for hydroxylation is 1. The van der Waals surface area contributed by atoms with Crippen LogP contribution in [0.25, 0.3) is 0 Å². The highest BCUT2D eigenvalue weighted by atomic mass is 127. The summed E-state index contributed by atoms with van der Waals surface area (Å²) in [7, 11) is 0. The molecule has 0 saturated heterocycles. The van der Waals surface area contributed by atoms with Crippen LogP contribution in [0.4, 0.5) is 0 Å². The highest BCUT2D eigenvalue weighted by Crippen LogP contribution is 2.04. The SMILES string of the molecule is CC(C)CCCn1cccc(I)c1=O. The molecule has 0 spiro atoms. The molecule has 0 aliphatic rings. The summed E-state index contributed by atoms with van der Waals surface area (Å²) in [6, 6.07) is 3.78. The van der Waals surface area contributed by atoms with Crippen LogP contribution in [0.5, 0.6) is 0 Å². The summed E-state index contributed by atoms with van der Waals surface area (Å²) >= 11 is 2.08. The van der Waals surface area contributed by atoms with Crippen molar-refractivity contribution in [2.75, 3.05) is 0 Å². The number of hydrogen-bond acceptors (Lipinski definition) is 1. The largest absolute Gasteiger partial charge is 0.315 e. The minimum atomic E-state index is 0.136. The molecule has 1 rings (SSSR count). The van der Waals surface area contributed by atoms with E-state index in [-0.39, 0.29) is 5.56 Å². The Morgan fingerprint density at radius 1 is 1.50 bits per heavy atom. The van der Waals surface area contributed by atoms with Crippen molar-refractivity contribution in [2.24, 2.45) is 5.92 Å². The lowest BCUT2D eigenvalue weighted by molar-refractivity contribution is 0.505. The zero-order chi connectivity index (χ0) is 10.6. The van der Waals surface area contributed by atoms with E-state index >= 15 is 0 Å². The van der Waals surface area contributed by atoms with Gasteiger partial charge in [0.05, 0.1) is 3.57 Å². The normalized spacial score (nSPS) is 10.9. The second-order valence-corrected chi connectivity index (χ2v) is 5.05. The van der Waals surface area contributed by atoms with E-state index in [2.05, 4.69) is 36.4 Å². The highest BCUT2D eigenvalue weighted by molar-refractivity contribution is 14.1. The van der Waals surface area contributed by atoms with Gasteiger partial charge in [-0.1, -0.05) is 13.8 Å². The summed E-state index contributed by atoms with van der Waals surface area (Å²) in [5.74, 6) is 0.716. The summed E-state index contributed by atoms with van der Waals surface area (Å²) in [6.45, 7) is 5.25. The Balaban J connectivity index is 2.59. The van der Waals surface area contributed by atoms with Crippen LogP contribution < -0.4 is 5.56 Å². The molecule has 0 fully saturated rings. The predicted octanol–water partition coefficient (Wildman–Crippen LogP) is 2.89. The second-order valence-electron chi connectivity index (χ2n) is 3.89. The maximum atomic E-state index is 11.6. The molecular weight excluding hydrogens is 289 g/mol. The van der Waals surface area contributed by atoms with Gasteiger partial charge in [0, 0.05) is 12.7 Å². The number of aromatic nitrogens is 1. The fourth-order valence-electron chi connectivity index (χ4n) is 1.35. The van der Waals surface area contributed by atoms with Crippen molar-refractivity contribution in [3.05, 3.63) is 32.3 Å². The number of nitrogens with zero attached hydrogens (tertiary/aromatic N) is 1. The van der Waals surface area contributed by atoms with Crippen LogP contribution in [0, 0.1) is 9.49 Å². The van der Waals surface area contributed by atoms with Gasteiger partial charge in [-0.3, -0.25) is 4.79 Å². The molecule has 0 aliphatic carbocycles. The molecule has 2 nitrogen and oxygen atoms in total. The number of hydrogen-bond donors (Lipinski definition) is 0. The molecule has 0 unspecified atom stereocenters. The van der Waals surface area contributed by atoms with Gasteiger partial charge in [0.2, 0.25) is 0 Å². The van der Waals surface area contributed by atoms with E-state index in [1.165, 1.54) is 6.42 Å². The lowest BCUT2D eigenvalue weighted by Gasteiger charge is -2.07. The maximum absolute atomic E-state index is 11.6. The van der Waals surface area contributed by atoms with Gasteiger partial charge < -0.3 is 4.57 Å². The van der Waals surface area contributed by atoms with Crippen molar-refractivity contribution >= 4 is 22.6 Å². The molecule has 0 aromatic carbocycles. The first-order valence-corrected chi connectivity index (χ1v) is 6.04. The van der Waals surface area contributed by atoms with E-state index in [0.29, 0.717) is 5.92 Å². The number of halogens is 1. The van der Waals surface area contributed by atoms with Crippen LogP contribution in [-0.2, 0) is 6.54 Å². The van der Waals surface area contributed by atoms with Crippen molar-refractivity contribution in [2.45, 2.75) is 33.2 Å². The van der Waals surface area contributed by atoms with Gasteiger partial charge in [-0.25, -0.2) is 0 Å². The predicted molar refractivity (Wildman–Crippen MR) is 67.5 cm³/mol. The van der Waals surface area contributed by atoms with E-state index in [9.17, 15) is 4.79 Å². The molecule has 0 atom stereocenters. The molecular formula is C11H16INO. The molecule has 78 valence electrons. The van der Waals surface area contributed by atoms with Crippen LogP contribution in [0.1, 0.15) is 26.7 Å². The van der Waals surface area contributed by atoms with Gasteiger partial charge in [0.15, 0.2) is 0 Å². The monoisotopic (exact) mass is 305 g/mol. The third-order valence-corrected chi connectivity index (χ3v) is 2.98. The van der Waals surface area contributed by atoms with Crippen LogP contribution in [0.2, 0.25) is 0 Å². The lowest BCUT2D eigenvalue weighted by atomic mass is 10.1. The van der Waals surface area contributed by atoms with Crippen molar-refractivity contribution in [3.63, 3.8) is 0 Å². The minimum absolute atomic E-state index is 0.136. The molecule has 0 saturated carbocycles. The summed E-state index contributed by atoms with van der Waals surface area (Å²) in [4.78, 5) is 11.6. The topological polar surface area (TPSA) is 22.0 Å². The summed E-state index contributed by atoms with van der Waals surface area (Å²) in [5, 5.41) is 0. The van der Waals surface area contributed by atoms with Crippen LogP contribution in [0.15, 0.2) is 23.1 Å². The Morgan fingerprint density at radius 2 is 2.21 bits per heavy atom. The lowest BCUT2D eigenvalue weighted by Crippen LogP contribution is -2.21. The molecule has 0 aliphatic heterocycles. The first-order valence-electron chi connectivity index (χ1n) is 4.96. The standard InChI is InChI=1S/C11H16INO/c1-9(2)5-3-7-13-8-4-6-10(12)11(13)14/h4,6,8-9H,3,5,7H2,1-2H3.